The average Bonchev–Trinajstić information content (AvgIpc) is 3.29. The fourth-order valence-corrected chi connectivity index (χ4v) is 3.10. The molecule has 8 heteroatoms. The lowest BCUT2D eigenvalue weighted by atomic mass is 10.1. The highest BCUT2D eigenvalue weighted by molar-refractivity contribution is 6.32. The van der Waals surface area contributed by atoms with Crippen LogP contribution in [0.15, 0.2) is 47.1 Å². The Bertz CT molecular complexity index is 994. The van der Waals surface area contributed by atoms with Crippen LogP contribution in [0.5, 0.6) is 0 Å². The number of nitrogens with zero attached hydrogens (tertiary/aromatic N) is 3. The summed E-state index contributed by atoms with van der Waals surface area (Å²) >= 11 is 6.37. The van der Waals surface area contributed by atoms with Crippen molar-refractivity contribution >= 4 is 23.5 Å². The van der Waals surface area contributed by atoms with Crippen LogP contribution < -0.4 is 0 Å². The fraction of sp³-hybridized carbons (Fsp3) is 0.286. The first kappa shape index (κ1) is 20.7. The molecule has 0 saturated heterocycles. The number of aryl methyl sites for hydroxylation is 2. The summed E-state index contributed by atoms with van der Waals surface area (Å²) in [6, 6.07) is 11.5. The number of carbonyl (C=O) groups excluding carboxylic acids is 2. The van der Waals surface area contributed by atoms with Gasteiger partial charge in [0.05, 0.1) is 25.0 Å². The third-order valence-corrected chi connectivity index (χ3v) is 4.83. The molecule has 0 aliphatic carbocycles. The summed E-state index contributed by atoms with van der Waals surface area (Å²) in [7, 11) is 1.61. The SMILES string of the molecule is Cc1ccc(Cn2nc(C)c(C(=O)OCC(=O)N(C)Cc3ccco3)c2Cl)cc1. The van der Waals surface area contributed by atoms with Gasteiger partial charge in [-0.1, -0.05) is 41.4 Å². The van der Waals surface area contributed by atoms with E-state index in [0.29, 0.717) is 18.0 Å². The van der Waals surface area contributed by atoms with Gasteiger partial charge in [-0.05, 0) is 31.5 Å². The Hall–Kier alpha value is -3.06. The van der Waals surface area contributed by atoms with Gasteiger partial charge in [0.15, 0.2) is 6.61 Å². The second-order valence-corrected chi connectivity index (χ2v) is 7.16. The topological polar surface area (TPSA) is 77.6 Å². The minimum absolute atomic E-state index is 0.167. The summed E-state index contributed by atoms with van der Waals surface area (Å²) < 4.78 is 11.9. The van der Waals surface area contributed by atoms with Gasteiger partial charge in [-0.3, -0.25) is 4.79 Å². The molecule has 0 bridgehead atoms. The lowest BCUT2D eigenvalue weighted by molar-refractivity contribution is -0.133. The number of rotatable bonds is 7. The normalized spacial score (nSPS) is 10.8. The van der Waals surface area contributed by atoms with E-state index in [1.165, 1.54) is 11.2 Å². The molecular formula is C21H22ClN3O4. The molecule has 0 atom stereocenters. The van der Waals surface area contributed by atoms with Crippen LogP contribution in [0.1, 0.15) is 32.9 Å². The third-order valence-electron chi connectivity index (χ3n) is 4.45. The van der Waals surface area contributed by atoms with Gasteiger partial charge in [0.2, 0.25) is 0 Å². The van der Waals surface area contributed by atoms with Crippen LogP contribution in [0.4, 0.5) is 0 Å². The highest BCUT2D eigenvalue weighted by Gasteiger charge is 2.23. The summed E-state index contributed by atoms with van der Waals surface area (Å²) in [6.07, 6.45) is 1.53. The van der Waals surface area contributed by atoms with Gasteiger partial charge in [-0.25, -0.2) is 9.48 Å². The summed E-state index contributed by atoms with van der Waals surface area (Å²) in [5.41, 5.74) is 2.78. The van der Waals surface area contributed by atoms with Crippen LogP contribution in [0, 0.1) is 13.8 Å². The number of amides is 1. The van der Waals surface area contributed by atoms with Crippen LogP contribution in [0.3, 0.4) is 0 Å². The van der Waals surface area contributed by atoms with Crippen molar-refractivity contribution in [1.29, 1.82) is 0 Å². The molecular weight excluding hydrogens is 394 g/mol. The second kappa shape index (κ2) is 8.96. The maximum absolute atomic E-state index is 12.5. The number of furan rings is 1. The number of halogens is 1. The summed E-state index contributed by atoms with van der Waals surface area (Å²) in [5, 5.41) is 4.52. The van der Waals surface area contributed by atoms with E-state index in [2.05, 4.69) is 5.10 Å². The standard InChI is InChI=1S/C21H22ClN3O4/c1-14-6-8-16(9-7-14)11-25-20(22)19(15(2)23-25)21(27)29-13-18(26)24(3)12-17-5-4-10-28-17/h4-10H,11-13H2,1-3H3. The summed E-state index contributed by atoms with van der Waals surface area (Å²) in [4.78, 5) is 26.1. The average molecular weight is 416 g/mol. The van der Waals surface area contributed by atoms with Crippen LogP contribution in [-0.4, -0.2) is 40.2 Å². The maximum atomic E-state index is 12.5. The first-order valence-electron chi connectivity index (χ1n) is 9.07. The molecule has 152 valence electrons. The largest absolute Gasteiger partial charge is 0.467 e. The molecule has 0 N–H and O–H groups in total. The molecule has 0 aliphatic rings. The molecule has 0 spiro atoms. The molecule has 29 heavy (non-hydrogen) atoms. The van der Waals surface area contributed by atoms with Crippen molar-refractivity contribution < 1.29 is 18.7 Å². The second-order valence-electron chi connectivity index (χ2n) is 6.80. The molecule has 1 aromatic carbocycles. The highest BCUT2D eigenvalue weighted by atomic mass is 35.5. The smallest absolute Gasteiger partial charge is 0.343 e. The molecule has 3 aromatic rings. The van der Waals surface area contributed by atoms with Gasteiger partial charge in [-0.2, -0.15) is 5.10 Å². The Morgan fingerprint density at radius 2 is 1.93 bits per heavy atom. The number of hydrogen-bond acceptors (Lipinski definition) is 5. The number of hydrogen-bond donors (Lipinski definition) is 0. The molecule has 2 heterocycles. The quantitative estimate of drug-likeness (QED) is 0.551. The van der Waals surface area contributed by atoms with Gasteiger partial charge >= 0.3 is 5.97 Å². The van der Waals surface area contributed by atoms with E-state index in [0.717, 1.165) is 11.1 Å². The van der Waals surface area contributed by atoms with E-state index >= 15 is 0 Å². The highest BCUT2D eigenvalue weighted by Crippen LogP contribution is 2.22. The van der Waals surface area contributed by atoms with E-state index < -0.39 is 12.6 Å². The lowest BCUT2D eigenvalue weighted by Gasteiger charge is -2.15. The first-order chi connectivity index (χ1) is 13.8. The first-order valence-corrected chi connectivity index (χ1v) is 9.45. The van der Waals surface area contributed by atoms with Crippen molar-refractivity contribution in [3.8, 4) is 0 Å². The van der Waals surface area contributed by atoms with Crippen LogP contribution in [-0.2, 0) is 22.6 Å². The predicted octanol–water partition coefficient (Wildman–Crippen LogP) is 3.61. The minimum atomic E-state index is -0.678. The van der Waals surface area contributed by atoms with Crippen molar-refractivity contribution in [2.24, 2.45) is 0 Å². The van der Waals surface area contributed by atoms with Gasteiger partial charge in [0.1, 0.15) is 16.5 Å². The third kappa shape index (κ3) is 5.06. The molecule has 2 aromatic heterocycles. The number of aromatic nitrogens is 2. The van der Waals surface area contributed by atoms with Gasteiger partial charge in [-0.15, -0.1) is 0 Å². The lowest BCUT2D eigenvalue weighted by Crippen LogP contribution is -2.30. The van der Waals surface area contributed by atoms with E-state index in [1.54, 1.807) is 30.8 Å². The van der Waals surface area contributed by atoms with Gasteiger partial charge < -0.3 is 14.1 Å². The minimum Gasteiger partial charge on any atom is -0.467 e. The van der Waals surface area contributed by atoms with Gasteiger partial charge in [0, 0.05) is 7.05 Å². The molecule has 0 aliphatic heterocycles. The van der Waals surface area contributed by atoms with Crippen molar-refractivity contribution in [3.05, 3.63) is 76.0 Å². The van der Waals surface area contributed by atoms with E-state index in [4.69, 9.17) is 20.8 Å². The van der Waals surface area contributed by atoms with Crippen molar-refractivity contribution in [2.75, 3.05) is 13.7 Å². The Labute approximate surface area is 173 Å². The maximum Gasteiger partial charge on any atom is 0.343 e. The zero-order valence-corrected chi connectivity index (χ0v) is 17.3. The molecule has 0 saturated carbocycles. The monoisotopic (exact) mass is 415 g/mol. The summed E-state index contributed by atoms with van der Waals surface area (Å²) in [6.45, 7) is 4.01. The number of esters is 1. The summed E-state index contributed by atoms with van der Waals surface area (Å²) in [5.74, 6) is -0.388. The van der Waals surface area contributed by atoms with E-state index in [-0.39, 0.29) is 23.2 Å². The van der Waals surface area contributed by atoms with Gasteiger partial charge in [0.25, 0.3) is 5.91 Å². The predicted molar refractivity (Wildman–Crippen MR) is 108 cm³/mol. The van der Waals surface area contributed by atoms with Crippen LogP contribution >= 0.6 is 11.6 Å². The Kier molecular flexibility index (Phi) is 6.39. The molecule has 0 unspecified atom stereocenters. The zero-order valence-electron chi connectivity index (χ0n) is 16.5. The molecule has 3 rings (SSSR count). The van der Waals surface area contributed by atoms with Crippen molar-refractivity contribution in [3.63, 3.8) is 0 Å². The van der Waals surface area contributed by atoms with Crippen molar-refractivity contribution in [2.45, 2.75) is 26.9 Å². The molecule has 1 amide bonds. The number of ether oxygens (including phenoxy) is 1. The van der Waals surface area contributed by atoms with Crippen molar-refractivity contribution in [1.82, 2.24) is 14.7 Å². The van der Waals surface area contributed by atoms with E-state index in [9.17, 15) is 9.59 Å². The number of benzene rings is 1. The van der Waals surface area contributed by atoms with Crippen LogP contribution in [0.25, 0.3) is 0 Å². The Morgan fingerprint density at radius 3 is 2.59 bits per heavy atom. The number of carbonyl (C=O) groups is 2. The molecule has 7 nitrogen and oxygen atoms in total. The Morgan fingerprint density at radius 1 is 1.21 bits per heavy atom. The van der Waals surface area contributed by atoms with Crippen LogP contribution in [0.2, 0.25) is 5.15 Å². The van der Waals surface area contributed by atoms with E-state index in [1.807, 2.05) is 31.2 Å². The zero-order chi connectivity index (χ0) is 21.0. The molecule has 0 fully saturated rings. The molecule has 0 radical (unpaired) electrons. The fourth-order valence-electron chi connectivity index (χ4n) is 2.79. The Balaban J connectivity index is 1.62. The number of likely N-dealkylation sites (N-methyl/N-ethyl adjacent to an activating group) is 1.